The molecule has 0 amide bonds. The summed E-state index contributed by atoms with van der Waals surface area (Å²) in [7, 11) is 0. The average molecular weight is 214 g/mol. The Bertz CT molecular complexity index is 426. The summed E-state index contributed by atoms with van der Waals surface area (Å²) in [5, 5.41) is 3.87. The van der Waals surface area contributed by atoms with E-state index < -0.39 is 0 Å². The monoisotopic (exact) mass is 213 g/mol. The molecule has 2 rings (SSSR count). The summed E-state index contributed by atoms with van der Waals surface area (Å²) in [4.78, 5) is 0. The second kappa shape index (κ2) is 3.47. The number of nitrogens with one attached hydrogen (secondary N) is 1. The van der Waals surface area contributed by atoms with E-state index >= 15 is 0 Å². The molecule has 1 aromatic carbocycles. The van der Waals surface area contributed by atoms with Crippen LogP contribution in [-0.2, 0) is 0 Å². The summed E-state index contributed by atoms with van der Waals surface area (Å²) >= 11 is 7.22. The maximum absolute atomic E-state index is 6.01. The lowest BCUT2D eigenvalue weighted by atomic mass is 10.2. The number of anilines is 1. The van der Waals surface area contributed by atoms with E-state index in [-0.39, 0.29) is 0 Å². The maximum Gasteiger partial charge on any atom is 0.129 e. The first-order valence-electron chi connectivity index (χ1n) is 3.97. The molecule has 0 aliphatic carbocycles. The Balaban J connectivity index is 2.66. The second-order valence-electron chi connectivity index (χ2n) is 2.58. The van der Waals surface area contributed by atoms with Gasteiger partial charge in [-0.1, -0.05) is 11.6 Å². The Kier molecular flexibility index (Phi) is 2.33. The van der Waals surface area contributed by atoms with Gasteiger partial charge in [-0.05, 0) is 19.1 Å². The van der Waals surface area contributed by atoms with Gasteiger partial charge in [0.25, 0.3) is 0 Å². The average Bonchev–Trinajstić information content (AvgIpc) is 2.58. The van der Waals surface area contributed by atoms with Gasteiger partial charge in [0.1, 0.15) is 11.0 Å². The summed E-state index contributed by atoms with van der Waals surface area (Å²) < 4.78 is 8.32. The number of hydrogen-bond donors (Lipinski definition) is 1. The molecular formula is C8H8ClN3S. The highest BCUT2D eigenvalue weighted by atomic mass is 35.5. The molecule has 1 aromatic heterocycles. The summed E-state index contributed by atoms with van der Waals surface area (Å²) in [6.07, 6.45) is 0. The minimum absolute atomic E-state index is 0.696. The molecule has 0 spiro atoms. The van der Waals surface area contributed by atoms with Crippen LogP contribution in [0.15, 0.2) is 12.1 Å². The highest BCUT2D eigenvalue weighted by Gasteiger charge is 2.07. The quantitative estimate of drug-likeness (QED) is 0.834. The Morgan fingerprint density at radius 1 is 1.46 bits per heavy atom. The minimum Gasteiger partial charge on any atom is -0.382 e. The number of halogens is 1. The van der Waals surface area contributed by atoms with Gasteiger partial charge in [0, 0.05) is 6.54 Å². The van der Waals surface area contributed by atoms with Crippen LogP contribution in [0.4, 0.5) is 5.69 Å². The molecule has 2 aromatic rings. The van der Waals surface area contributed by atoms with Crippen molar-refractivity contribution in [3.05, 3.63) is 17.2 Å². The lowest BCUT2D eigenvalue weighted by Crippen LogP contribution is -1.97. The summed E-state index contributed by atoms with van der Waals surface area (Å²) in [5.41, 5.74) is 2.64. The first kappa shape index (κ1) is 8.72. The van der Waals surface area contributed by atoms with Crippen molar-refractivity contribution in [3.63, 3.8) is 0 Å². The molecule has 0 aliphatic rings. The minimum atomic E-state index is 0.696. The van der Waals surface area contributed by atoms with Crippen LogP contribution in [0, 0.1) is 0 Å². The van der Waals surface area contributed by atoms with Crippen molar-refractivity contribution in [2.45, 2.75) is 6.92 Å². The van der Waals surface area contributed by atoms with Gasteiger partial charge in [-0.25, -0.2) is 0 Å². The fraction of sp³-hybridized carbons (Fsp3) is 0.250. The van der Waals surface area contributed by atoms with E-state index in [4.69, 9.17) is 11.6 Å². The van der Waals surface area contributed by atoms with Crippen LogP contribution in [0.3, 0.4) is 0 Å². The van der Waals surface area contributed by atoms with E-state index in [1.807, 2.05) is 19.1 Å². The molecule has 1 N–H and O–H groups in total. The SMILES string of the molecule is CCNc1c(Cl)ccc2nsnc12. The number of rotatable bonds is 2. The fourth-order valence-electron chi connectivity index (χ4n) is 1.17. The van der Waals surface area contributed by atoms with Crippen molar-refractivity contribution < 1.29 is 0 Å². The molecule has 3 nitrogen and oxygen atoms in total. The Morgan fingerprint density at radius 3 is 3.08 bits per heavy atom. The number of benzene rings is 1. The predicted octanol–water partition coefficient (Wildman–Crippen LogP) is 2.78. The predicted molar refractivity (Wildman–Crippen MR) is 56.6 cm³/mol. The fourth-order valence-corrected chi connectivity index (χ4v) is 1.93. The van der Waals surface area contributed by atoms with E-state index in [2.05, 4.69) is 14.1 Å². The van der Waals surface area contributed by atoms with Gasteiger partial charge in [-0.2, -0.15) is 8.75 Å². The molecule has 0 atom stereocenters. The van der Waals surface area contributed by atoms with Crippen molar-refractivity contribution in [1.82, 2.24) is 8.75 Å². The lowest BCUT2D eigenvalue weighted by molar-refractivity contribution is 1.22. The van der Waals surface area contributed by atoms with Gasteiger partial charge < -0.3 is 5.32 Å². The molecule has 0 radical (unpaired) electrons. The smallest absolute Gasteiger partial charge is 0.129 e. The van der Waals surface area contributed by atoms with Crippen LogP contribution in [-0.4, -0.2) is 15.3 Å². The third kappa shape index (κ3) is 1.47. The van der Waals surface area contributed by atoms with Gasteiger partial charge in [0.15, 0.2) is 0 Å². The summed E-state index contributed by atoms with van der Waals surface area (Å²) in [5.74, 6) is 0. The molecule has 0 aliphatic heterocycles. The van der Waals surface area contributed by atoms with E-state index in [1.54, 1.807) is 0 Å². The first-order valence-corrected chi connectivity index (χ1v) is 5.08. The van der Waals surface area contributed by atoms with Crippen molar-refractivity contribution >= 4 is 40.0 Å². The van der Waals surface area contributed by atoms with Gasteiger partial charge in [0.2, 0.25) is 0 Å². The third-order valence-corrected chi connectivity index (χ3v) is 2.59. The normalized spacial score (nSPS) is 10.6. The molecular weight excluding hydrogens is 206 g/mol. The second-order valence-corrected chi connectivity index (χ2v) is 3.52. The Morgan fingerprint density at radius 2 is 2.31 bits per heavy atom. The van der Waals surface area contributed by atoms with E-state index in [1.165, 1.54) is 11.7 Å². The third-order valence-electron chi connectivity index (χ3n) is 1.73. The summed E-state index contributed by atoms with van der Waals surface area (Å²) in [6.45, 7) is 2.85. The van der Waals surface area contributed by atoms with Gasteiger partial charge in [-0.15, -0.1) is 0 Å². The van der Waals surface area contributed by atoms with Crippen molar-refractivity contribution in [3.8, 4) is 0 Å². The molecule has 5 heteroatoms. The molecule has 0 fully saturated rings. The van der Waals surface area contributed by atoms with Crippen molar-refractivity contribution in [2.75, 3.05) is 11.9 Å². The molecule has 13 heavy (non-hydrogen) atoms. The summed E-state index contributed by atoms with van der Waals surface area (Å²) in [6, 6.07) is 3.71. The Hall–Kier alpha value is -0.870. The topological polar surface area (TPSA) is 37.8 Å². The highest BCUT2D eigenvalue weighted by Crippen LogP contribution is 2.29. The zero-order valence-corrected chi connectivity index (χ0v) is 8.61. The van der Waals surface area contributed by atoms with Crippen molar-refractivity contribution in [2.24, 2.45) is 0 Å². The Labute approximate surface area is 85.1 Å². The lowest BCUT2D eigenvalue weighted by Gasteiger charge is -2.04. The van der Waals surface area contributed by atoms with Crippen LogP contribution >= 0.6 is 23.3 Å². The van der Waals surface area contributed by atoms with Crippen LogP contribution in [0.25, 0.3) is 11.0 Å². The van der Waals surface area contributed by atoms with E-state index in [9.17, 15) is 0 Å². The number of fused-ring (bicyclic) bond motifs is 1. The van der Waals surface area contributed by atoms with Gasteiger partial charge in [0.05, 0.1) is 22.4 Å². The maximum atomic E-state index is 6.01. The molecule has 0 saturated heterocycles. The van der Waals surface area contributed by atoms with Crippen molar-refractivity contribution in [1.29, 1.82) is 0 Å². The molecule has 68 valence electrons. The molecule has 0 bridgehead atoms. The van der Waals surface area contributed by atoms with Crippen LogP contribution < -0.4 is 5.32 Å². The zero-order valence-electron chi connectivity index (χ0n) is 7.04. The van der Waals surface area contributed by atoms with Crippen LogP contribution in [0.1, 0.15) is 6.92 Å². The van der Waals surface area contributed by atoms with E-state index in [0.29, 0.717) is 5.02 Å². The zero-order chi connectivity index (χ0) is 9.26. The standard InChI is InChI=1S/C8H8ClN3S/c1-2-10-7-5(9)3-4-6-8(7)12-13-11-6/h3-4,10H,2H2,1H3. The van der Waals surface area contributed by atoms with Crippen LogP contribution in [0.2, 0.25) is 5.02 Å². The first-order chi connectivity index (χ1) is 6.33. The van der Waals surface area contributed by atoms with E-state index in [0.717, 1.165) is 23.3 Å². The highest BCUT2D eigenvalue weighted by molar-refractivity contribution is 7.00. The van der Waals surface area contributed by atoms with Gasteiger partial charge in [-0.3, -0.25) is 0 Å². The molecule has 0 saturated carbocycles. The molecule has 1 heterocycles. The van der Waals surface area contributed by atoms with Gasteiger partial charge >= 0.3 is 0 Å². The molecule has 0 unspecified atom stereocenters. The number of aromatic nitrogens is 2. The van der Waals surface area contributed by atoms with Crippen LogP contribution in [0.5, 0.6) is 0 Å². The number of nitrogens with zero attached hydrogens (tertiary/aromatic N) is 2. The number of hydrogen-bond acceptors (Lipinski definition) is 4. The largest absolute Gasteiger partial charge is 0.382 e.